The molecular weight excluding hydrogens is 841 g/mol. The lowest BCUT2D eigenvalue weighted by Crippen LogP contribution is -1.95. The first-order valence-corrected chi connectivity index (χ1v) is 24.4. The number of benzene rings is 13. The van der Waals surface area contributed by atoms with Crippen molar-refractivity contribution < 1.29 is 0 Å². The standard InChI is InChI=1S/C70H42/c1-5-20-43(21-6-1)60-42-61(65(47-26-11-4-12-27-47)68-57-36-18-29-44-28-17-35-56(62(44)57)67(60)68)52-39-38-50(48-30-13-14-31-49(48)52)51-40-41-59-66-53(51)34-19-37-58(66)69-63(45-22-7-2-8-23-45)54-32-15-16-33-55(54)64(70(59)69)46-24-9-3-10-25-46/h1-42H. The number of fused-ring (bicyclic) bond motifs is 8. The van der Waals surface area contributed by atoms with E-state index in [9.17, 15) is 0 Å². The molecule has 2 aliphatic rings. The van der Waals surface area contributed by atoms with E-state index in [0.717, 1.165) is 0 Å². The topological polar surface area (TPSA) is 0 Å². The van der Waals surface area contributed by atoms with Gasteiger partial charge in [-0.25, -0.2) is 0 Å². The van der Waals surface area contributed by atoms with Crippen LogP contribution < -0.4 is 0 Å². The molecule has 0 spiro atoms. The van der Waals surface area contributed by atoms with Crippen molar-refractivity contribution in [3.05, 3.63) is 255 Å². The van der Waals surface area contributed by atoms with Gasteiger partial charge < -0.3 is 0 Å². The van der Waals surface area contributed by atoms with E-state index in [4.69, 9.17) is 0 Å². The SMILES string of the molecule is c1ccc(-c2cc(-c3ccc(-c4ccc5c6c(cccc46)-c4c-5c(-c5ccccc5)c5ccccc5c4-c4ccccc4)c4ccccc34)c(-c3ccccc3)c3c2-c2cccc4cccc-3c24)cc1. The highest BCUT2D eigenvalue weighted by molar-refractivity contribution is 6.30. The van der Waals surface area contributed by atoms with Crippen molar-refractivity contribution in [1.29, 1.82) is 0 Å². The van der Waals surface area contributed by atoms with Crippen LogP contribution in [0.1, 0.15) is 0 Å². The third-order valence-corrected chi connectivity index (χ3v) is 15.3. The quantitative estimate of drug-likeness (QED) is 0.156. The Morgan fingerprint density at radius 3 is 1.06 bits per heavy atom. The van der Waals surface area contributed by atoms with Gasteiger partial charge in [0.2, 0.25) is 0 Å². The Bertz CT molecular complexity index is 4200. The van der Waals surface area contributed by atoms with E-state index in [2.05, 4.69) is 255 Å². The van der Waals surface area contributed by atoms with Gasteiger partial charge in [-0.15, -0.1) is 0 Å². The summed E-state index contributed by atoms with van der Waals surface area (Å²) >= 11 is 0. The van der Waals surface area contributed by atoms with Gasteiger partial charge >= 0.3 is 0 Å². The van der Waals surface area contributed by atoms with E-state index >= 15 is 0 Å². The summed E-state index contributed by atoms with van der Waals surface area (Å²) in [6.07, 6.45) is 0. The van der Waals surface area contributed by atoms with Crippen molar-refractivity contribution in [3.8, 4) is 111 Å². The molecule has 322 valence electrons. The highest BCUT2D eigenvalue weighted by Crippen LogP contribution is 2.60. The maximum atomic E-state index is 2.50. The van der Waals surface area contributed by atoms with Crippen LogP contribution in [0, 0.1) is 0 Å². The average molecular weight is 883 g/mol. The van der Waals surface area contributed by atoms with Gasteiger partial charge in [0, 0.05) is 0 Å². The fourth-order valence-electron chi connectivity index (χ4n) is 12.6. The van der Waals surface area contributed by atoms with Crippen LogP contribution in [0.2, 0.25) is 0 Å². The Kier molecular flexibility index (Phi) is 8.46. The maximum Gasteiger partial charge on any atom is -0.000741 e. The first-order chi connectivity index (χ1) is 34.8. The van der Waals surface area contributed by atoms with Crippen LogP contribution >= 0.6 is 0 Å². The van der Waals surface area contributed by atoms with Crippen LogP contribution in [0.3, 0.4) is 0 Å². The summed E-state index contributed by atoms with van der Waals surface area (Å²) in [6, 6.07) is 95.0. The lowest BCUT2D eigenvalue weighted by atomic mass is 9.80. The van der Waals surface area contributed by atoms with Gasteiger partial charge in [0.15, 0.2) is 0 Å². The normalized spacial score (nSPS) is 12.0. The van der Waals surface area contributed by atoms with Crippen LogP contribution in [0.25, 0.3) is 154 Å². The second-order valence-corrected chi connectivity index (χ2v) is 18.9. The second kappa shape index (κ2) is 15.2. The van der Waals surface area contributed by atoms with Gasteiger partial charge in [-0.1, -0.05) is 249 Å². The van der Waals surface area contributed by atoms with E-state index in [0.29, 0.717) is 0 Å². The second-order valence-electron chi connectivity index (χ2n) is 18.9. The molecule has 0 heteroatoms. The average Bonchev–Trinajstić information content (AvgIpc) is 3.95. The lowest BCUT2D eigenvalue weighted by Gasteiger charge is -2.22. The molecule has 15 rings (SSSR count). The number of rotatable bonds is 6. The van der Waals surface area contributed by atoms with E-state index < -0.39 is 0 Å². The molecular formula is C70H42. The number of hydrogen-bond donors (Lipinski definition) is 0. The van der Waals surface area contributed by atoms with Gasteiger partial charge in [-0.05, 0) is 160 Å². The zero-order chi connectivity index (χ0) is 45.9. The smallest absolute Gasteiger partial charge is 0.000741 e. The molecule has 0 amide bonds. The summed E-state index contributed by atoms with van der Waals surface area (Å²) in [5, 5.41) is 10.2. The minimum Gasteiger partial charge on any atom is -0.0622 e. The summed E-state index contributed by atoms with van der Waals surface area (Å²) in [7, 11) is 0. The molecule has 0 bridgehead atoms. The molecule has 2 aliphatic carbocycles. The Balaban J connectivity index is 1.00. The van der Waals surface area contributed by atoms with Crippen LogP contribution in [0.5, 0.6) is 0 Å². The summed E-state index contributed by atoms with van der Waals surface area (Å²) in [4.78, 5) is 0. The molecule has 0 radical (unpaired) electrons. The fourth-order valence-corrected chi connectivity index (χ4v) is 12.6. The molecule has 0 aliphatic heterocycles. The van der Waals surface area contributed by atoms with Gasteiger partial charge in [0.25, 0.3) is 0 Å². The molecule has 70 heavy (non-hydrogen) atoms. The van der Waals surface area contributed by atoms with Crippen LogP contribution in [0.4, 0.5) is 0 Å². The first kappa shape index (κ1) is 38.9. The predicted octanol–water partition coefficient (Wildman–Crippen LogP) is 19.6. The monoisotopic (exact) mass is 882 g/mol. The number of hydrogen-bond acceptors (Lipinski definition) is 0. The largest absolute Gasteiger partial charge is 0.0622 e. The Morgan fingerprint density at radius 2 is 0.514 bits per heavy atom. The highest BCUT2D eigenvalue weighted by Gasteiger charge is 2.33. The van der Waals surface area contributed by atoms with Gasteiger partial charge in [0.1, 0.15) is 0 Å². The zero-order valence-corrected chi connectivity index (χ0v) is 38.2. The molecule has 0 heterocycles. The van der Waals surface area contributed by atoms with E-state index in [1.165, 1.54) is 154 Å². The van der Waals surface area contributed by atoms with Crippen molar-refractivity contribution in [2.45, 2.75) is 0 Å². The molecule has 13 aromatic rings. The minimum atomic E-state index is 1.22. The van der Waals surface area contributed by atoms with Crippen molar-refractivity contribution in [1.82, 2.24) is 0 Å². The van der Waals surface area contributed by atoms with Crippen LogP contribution in [0.15, 0.2) is 255 Å². The minimum absolute atomic E-state index is 1.22. The van der Waals surface area contributed by atoms with E-state index in [-0.39, 0.29) is 0 Å². The third-order valence-electron chi connectivity index (χ3n) is 15.3. The fraction of sp³-hybridized carbons (Fsp3) is 0. The third kappa shape index (κ3) is 5.53. The van der Waals surface area contributed by atoms with Crippen molar-refractivity contribution in [3.63, 3.8) is 0 Å². The van der Waals surface area contributed by atoms with Crippen molar-refractivity contribution >= 4 is 43.1 Å². The highest BCUT2D eigenvalue weighted by atomic mass is 14.4. The maximum absolute atomic E-state index is 2.50. The molecule has 0 unspecified atom stereocenters. The molecule has 0 saturated carbocycles. The first-order valence-electron chi connectivity index (χ1n) is 24.4. The van der Waals surface area contributed by atoms with E-state index in [1.807, 2.05) is 0 Å². The molecule has 0 saturated heterocycles. The van der Waals surface area contributed by atoms with Crippen molar-refractivity contribution in [2.24, 2.45) is 0 Å². The lowest BCUT2D eigenvalue weighted by molar-refractivity contribution is 1.57. The molecule has 13 aromatic carbocycles. The summed E-state index contributed by atoms with van der Waals surface area (Å²) < 4.78 is 0. The van der Waals surface area contributed by atoms with Crippen molar-refractivity contribution in [2.75, 3.05) is 0 Å². The predicted molar refractivity (Wildman–Crippen MR) is 298 cm³/mol. The van der Waals surface area contributed by atoms with Gasteiger partial charge in [-0.2, -0.15) is 0 Å². The molecule has 0 nitrogen and oxygen atoms in total. The van der Waals surface area contributed by atoms with E-state index in [1.54, 1.807) is 0 Å². The van der Waals surface area contributed by atoms with Crippen LogP contribution in [-0.4, -0.2) is 0 Å². The zero-order valence-electron chi connectivity index (χ0n) is 38.2. The van der Waals surface area contributed by atoms with Crippen LogP contribution in [-0.2, 0) is 0 Å². The molecule has 0 N–H and O–H groups in total. The Labute approximate surface area is 407 Å². The summed E-state index contributed by atoms with van der Waals surface area (Å²) in [5.41, 5.74) is 25.4. The van der Waals surface area contributed by atoms with Gasteiger partial charge in [0.05, 0.1) is 0 Å². The summed E-state index contributed by atoms with van der Waals surface area (Å²) in [6.45, 7) is 0. The Hall–Kier alpha value is -9.10. The molecule has 0 aromatic heterocycles. The molecule has 0 fully saturated rings. The molecule has 0 atom stereocenters. The Morgan fingerprint density at radius 1 is 0.157 bits per heavy atom. The summed E-state index contributed by atoms with van der Waals surface area (Å²) in [5.74, 6) is 0. The van der Waals surface area contributed by atoms with Gasteiger partial charge in [-0.3, -0.25) is 0 Å².